The minimum Gasteiger partial charge on any atom is -0.302 e. The monoisotopic (exact) mass is 250 g/mol. The molecule has 2 heteroatoms. The van der Waals surface area contributed by atoms with Gasteiger partial charge in [-0.3, -0.25) is 0 Å². The van der Waals surface area contributed by atoms with E-state index in [2.05, 4.69) is 38.8 Å². The van der Waals surface area contributed by atoms with Crippen LogP contribution in [0.1, 0.15) is 59.3 Å². The van der Waals surface area contributed by atoms with Crippen LogP contribution in [0.3, 0.4) is 0 Å². The molecule has 1 fully saturated rings. The van der Waals surface area contributed by atoms with Gasteiger partial charge in [0.25, 0.3) is 0 Å². The summed E-state index contributed by atoms with van der Waals surface area (Å²) >= 11 is 0. The maximum atomic E-state index is 9.33. The highest BCUT2D eigenvalue weighted by Crippen LogP contribution is 2.34. The summed E-state index contributed by atoms with van der Waals surface area (Å²) in [4.78, 5) is 2.45. The van der Waals surface area contributed by atoms with E-state index in [1.165, 1.54) is 32.1 Å². The Labute approximate surface area is 113 Å². The largest absolute Gasteiger partial charge is 0.302 e. The molecule has 0 amide bonds. The van der Waals surface area contributed by atoms with Gasteiger partial charge in [-0.2, -0.15) is 5.26 Å². The summed E-state index contributed by atoms with van der Waals surface area (Å²) in [6, 6.07) is 3.04. The molecule has 1 aliphatic rings. The van der Waals surface area contributed by atoms with Crippen LogP contribution in [0.2, 0.25) is 0 Å². The zero-order valence-corrected chi connectivity index (χ0v) is 12.7. The van der Waals surface area contributed by atoms with Gasteiger partial charge in [-0.25, -0.2) is 0 Å². The fourth-order valence-corrected chi connectivity index (χ4v) is 3.17. The molecule has 0 N–H and O–H groups in total. The van der Waals surface area contributed by atoms with Gasteiger partial charge >= 0.3 is 0 Å². The fraction of sp³-hybridized carbons (Fsp3) is 0.938. The number of hydrogen-bond acceptors (Lipinski definition) is 2. The molecule has 0 radical (unpaired) electrons. The van der Waals surface area contributed by atoms with Gasteiger partial charge in [-0.05, 0) is 51.1 Å². The molecule has 0 aromatic rings. The molecule has 0 saturated heterocycles. The van der Waals surface area contributed by atoms with Crippen LogP contribution >= 0.6 is 0 Å². The lowest BCUT2D eigenvalue weighted by Gasteiger charge is -2.38. The smallest absolute Gasteiger partial charge is 0.0672 e. The van der Waals surface area contributed by atoms with E-state index in [-0.39, 0.29) is 5.92 Å². The first-order valence-electron chi connectivity index (χ1n) is 7.68. The Balaban J connectivity index is 2.53. The predicted octanol–water partition coefficient (Wildman–Crippen LogP) is 4.07. The minimum atomic E-state index is 0.260. The van der Waals surface area contributed by atoms with Crippen molar-refractivity contribution in [2.45, 2.75) is 65.3 Å². The molecule has 104 valence electrons. The lowest BCUT2D eigenvalue weighted by Crippen LogP contribution is -2.42. The summed E-state index contributed by atoms with van der Waals surface area (Å²) in [7, 11) is 2.21. The lowest BCUT2D eigenvalue weighted by molar-refractivity contribution is 0.117. The minimum absolute atomic E-state index is 0.260. The quantitative estimate of drug-likeness (QED) is 0.710. The Morgan fingerprint density at radius 2 is 2.06 bits per heavy atom. The topological polar surface area (TPSA) is 27.0 Å². The predicted molar refractivity (Wildman–Crippen MR) is 77.2 cm³/mol. The van der Waals surface area contributed by atoms with Crippen molar-refractivity contribution < 1.29 is 0 Å². The van der Waals surface area contributed by atoms with Crippen LogP contribution in [-0.2, 0) is 0 Å². The summed E-state index contributed by atoms with van der Waals surface area (Å²) in [5.41, 5.74) is 0. The van der Waals surface area contributed by atoms with E-state index in [0.29, 0.717) is 6.04 Å². The van der Waals surface area contributed by atoms with Gasteiger partial charge in [0.2, 0.25) is 0 Å². The molecule has 1 rings (SSSR count). The highest BCUT2D eigenvalue weighted by Gasteiger charge is 2.32. The van der Waals surface area contributed by atoms with Crippen molar-refractivity contribution in [1.29, 1.82) is 5.26 Å². The molecule has 1 saturated carbocycles. The van der Waals surface area contributed by atoms with E-state index in [0.717, 1.165) is 24.8 Å². The third-order valence-electron chi connectivity index (χ3n) is 4.41. The van der Waals surface area contributed by atoms with Crippen molar-refractivity contribution in [3.8, 4) is 6.07 Å². The average Bonchev–Trinajstić information content (AvgIpc) is 2.36. The maximum absolute atomic E-state index is 9.33. The van der Waals surface area contributed by atoms with Crippen LogP contribution in [0, 0.1) is 29.1 Å². The second kappa shape index (κ2) is 7.79. The first-order chi connectivity index (χ1) is 8.58. The van der Waals surface area contributed by atoms with E-state index >= 15 is 0 Å². The van der Waals surface area contributed by atoms with Gasteiger partial charge in [0.1, 0.15) is 0 Å². The highest BCUT2D eigenvalue weighted by molar-refractivity contribution is 4.97. The number of hydrogen-bond donors (Lipinski definition) is 0. The normalized spacial score (nSPS) is 28.6. The van der Waals surface area contributed by atoms with Crippen LogP contribution in [0.25, 0.3) is 0 Å². The van der Waals surface area contributed by atoms with Crippen molar-refractivity contribution in [3.05, 3.63) is 0 Å². The van der Waals surface area contributed by atoms with Crippen molar-refractivity contribution in [1.82, 2.24) is 4.90 Å². The number of nitrogens with zero attached hydrogens (tertiary/aromatic N) is 2. The van der Waals surface area contributed by atoms with Crippen molar-refractivity contribution >= 4 is 0 Å². The first kappa shape index (κ1) is 15.5. The van der Waals surface area contributed by atoms with Crippen molar-refractivity contribution in [3.63, 3.8) is 0 Å². The third-order valence-corrected chi connectivity index (χ3v) is 4.41. The van der Waals surface area contributed by atoms with Crippen LogP contribution in [0.5, 0.6) is 0 Å². The average molecular weight is 250 g/mol. The Hall–Kier alpha value is -0.550. The van der Waals surface area contributed by atoms with E-state index in [9.17, 15) is 5.26 Å². The maximum Gasteiger partial charge on any atom is 0.0672 e. The zero-order valence-electron chi connectivity index (χ0n) is 12.7. The molecule has 0 aliphatic heterocycles. The van der Waals surface area contributed by atoms with Gasteiger partial charge in [0.05, 0.1) is 12.0 Å². The Morgan fingerprint density at radius 1 is 1.33 bits per heavy atom. The van der Waals surface area contributed by atoms with Gasteiger partial charge in [-0.1, -0.05) is 33.6 Å². The molecular formula is C16H30N2. The molecule has 0 heterocycles. The Kier molecular flexibility index (Phi) is 6.71. The van der Waals surface area contributed by atoms with E-state index in [1.807, 2.05) is 0 Å². The summed E-state index contributed by atoms with van der Waals surface area (Å²) < 4.78 is 0. The Bertz CT molecular complexity index is 267. The highest BCUT2D eigenvalue weighted by atomic mass is 15.1. The molecule has 0 aromatic heterocycles. The molecule has 0 spiro atoms. The summed E-state index contributed by atoms with van der Waals surface area (Å²) in [6.45, 7) is 7.96. The second-order valence-corrected chi connectivity index (χ2v) is 6.43. The van der Waals surface area contributed by atoms with Crippen molar-refractivity contribution in [2.75, 3.05) is 13.6 Å². The molecule has 2 nitrogen and oxygen atoms in total. The van der Waals surface area contributed by atoms with Crippen molar-refractivity contribution in [2.24, 2.45) is 17.8 Å². The standard InChI is InChI=1S/C16H30N2/c1-5-6-14-7-8-15(12-17)16(11-14)18(4)10-9-13(2)3/h13-16H,5-11H2,1-4H3. The Morgan fingerprint density at radius 3 is 2.61 bits per heavy atom. The van der Waals surface area contributed by atoms with Crippen LogP contribution in [0.15, 0.2) is 0 Å². The van der Waals surface area contributed by atoms with Gasteiger partial charge < -0.3 is 4.90 Å². The molecule has 0 aromatic carbocycles. The summed E-state index contributed by atoms with van der Waals surface area (Å²) in [5, 5.41) is 9.33. The molecule has 3 atom stereocenters. The molecule has 18 heavy (non-hydrogen) atoms. The van der Waals surface area contributed by atoms with Gasteiger partial charge in [0, 0.05) is 6.04 Å². The third kappa shape index (κ3) is 4.61. The molecular weight excluding hydrogens is 220 g/mol. The zero-order chi connectivity index (χ0) is 13.5. The molecule has 1 aliphatic carbocycles. The SMILES string of the molecule is CCCC1CCC(C#N)C(N(C)CCC(C)C)C1. The first-order valence-corrected chi connectivity index (χ1v) is 7.68. The second-order valence-electron chi connectivity index (χ2n) is 6.43. The molecule has 3 unspecified atom stereocenters. The van der Waals surface area contributed by atoms with E-state index in [1.54, 1.807) is 0 Å². The number of rotatable bonds is 6. The van der Waals surface area contributed by atoms with E-state index in [4.69, 9.17) is 0 Å². The fourth-order valence-electron chi connectivity index (χ4n) is 3.17. The van der Waals surface area contributed by atoms with E-state index < -0.39 is 0 Å². The van der Waals surface area contributed by atoms with Crippen LogP contribution in [0.4, 0.5) is 0 Å². The van der Waals surface area contributed by atoms with Crippen LogP contribution in [-0.4, -0.2) is 24.5 Å². The van der Waals surface area contributed by atoms with Gasteiger partial charge in [-0.15, -0.1) is 0 Å². The van der Waals surface area contributed by atoms with Gasteiger partial charge in [0.15, 0.2) is 0 Å². The number of nitriles is 1. The summed E-state index contributed by atoms with van der Waals surface area (Å²) in [5.74, 6) is 1.87. The molecule has 0 bridgehead atoms. The summed E-state index contributed by atoms with van der Waals surface area (Å²) in [6.07, 6.45) is 7.47. The lowest BCUT2D eigenvalue weighted by atomic mass is 9.76. The van der Waals surface area contributed by atoms with Crippen LogP contribution < -0.4 is 0 Å².